The van der Waals surface area contributed by atoms with Gasteiger partial charge in [0.05, 0.1) is 4.99 Å². The number of thiol groups is 1. The Morgan fingerprint density at radius 3 is 2.14 bits per heavy atom. The van der Waals surface area contributed by atoms with Gasteiger partial charge in [0.15, 0.2) is 0 Å². The van der Waals surface area contributed by atoms with Crippen LogP contribution in [0.1, 0.15) is 0 Å². The van der Waals surface area contributed by atoms with Gasteiger partial charge >= 0.3 is 0 Å². The van der Waals surface area contributed by atoms with Gasteiger partial charge in [0, 0.05) is 19.8 Å². The van der Waals surface area contributed by atoms with Crippen LogP contribution in [0.25, 0.3) is 0 Å². The second-order valence-electron chi connectivity index (χ2n) is 1.45. The van der Waals surface area contributed by atoms with E-state index in [9.17, 15) is 0 Å². The van der Waals surface area contributed by atoms with E-state index in [1.54, 1.807) is 0 Å². The molecule has 0 spiro atoms. The van der Waals surface area contributed by atoms with Crippen molar-refractivity contribution in [2.75, 3.05) is 19.8 Å². The minimum Gasteiger partial charge on any atom is -0.372 e. The smallest absolute Gasteiger partial charge is 0.0871 e. The maximum absolute atomic E-state index is 4.83. The number of hydrogen-bond acceptors (Lipinski definition) is 2. The van der Waals surface area contributed by atoms with Crippen molar-refractivity contribution in [3.63, 3.8) is 0 Å². The highest BCUT2D eigenvalue weighted by Gasteiger charge is 1.90. The summed E-state index contributed by atoms with van der Waals surface area (Å²) in [5, 5.41) is 0. The summed E-state index contributed by atoms with van der Waals surface area (Å²) in [6, 6.07) is 0. The Labute approximate surface area is 55.1 Å². The van der Waals surface area contributed by atoms with Gasteiger partial charge in [0.25, 0.3) is 0 Å². The molecule has 0 amide bonds. The molecular formula is C4H9NS2. The lowest BCUT2D eigenvalue weighted by Crippen LogP contribution is -2.20. The van der Waals surface area contributed by atoms with Crippen molar-refractivity contribution in [1.29, 1.82) is 0 Å². The molecule has 0 aromatic heterocycles. The van der Waals surface area contributed by atoms with Gasteiger partial charge in [-0.2, -0.15) is 12.6 Å². The third kappa shape index (κ3) is 2.88. The Bertz CT molecular complexity index is 70.1. The summed E-state index contributed by atoms with van der Waals surface area (Å²) in [6.07, 6.45) is 0. The first-order valence-corrected chi connectivity index (χ1v) is 3.03. The summed E-state index contributed by atoms with van der Waals surface area (Å²) < 4.78 is 0. The minimum atomic E-state index is 0.669. The first-order chi connectivity index (χ1) is 3.18. The van der Waals surface area contributed by atoms with E-state index in [0.29, 0.717) is 5.75 Å². The zero-order chi connectivity index (χ0) is 5.86. The summed E-state index contributed by atoms with van der Waals surface area (Å²) in [5.74, 6) is 0.669. The normalized spacial score (nSPS) is 8.43. The largest absolute Gasteiger partial charge is 0.372 e. The summed E-state index contributed by atoms with van der Waals surface area (Å²) in [6.45, 7) is 0. The van der Waals surface area contributed by atoms with Crippen LogP contribution in [0.5, 0.6) is 0 Å². The lowest BCUT2D eigenvalue weighted by atomic mass is 10.7. The number of thiocarbonyl (C=S) groups is 1. The van der Waals surface area contributed by atoms with Crippen LogP contribution in [0, 0.1) is 0 Å². The molecular weight excluding hydrogens is 126 g/mol. The van der Waals surface area contributed by atoms with E-state index in [2.05, 4.69) is 12.6 Å². The van der Waals surface area contributed by atoms with Gasteiger partial charge in [-0.05, 0) is 0 Å². The fraction of sp³-hybridized carbons (Fsp3) is 0.750. The number of nitrogens with zero attached hydrogens (tertiary/aromatic N) is 1. The van der Waals surface area contributed by atoms with Gasteiger partial charge in [0.2, 0.25) is 0 Å². The van der Waals surface area contributed by atoms with Crippen LogP contribution < -0.4 is 0 Å². The molecule has 0 radical (unpaired) electrons. The van der Waals surface area contributed by atoms with E-state index in [0.717, 1.165) is 4.99 Å². The van der Waals surface area contributed by atoms with Crippen LogP contribution in [-0.4, -0.2) is 29.7 Å². The van der Waals surface area contributed by atoms with Crippen LogP contribution in [0.2, 0.25) is 0 Å². The Morgan fingerprint density at radius 1 is 1.71 bits per heavy atom. The summed E-state index contributed by atoms with van der Waals surface area (Å²) >= 11 is 8.80. The second-order valence-corrected chi connectivity index (χ2v) is 2.23. The van der Waals surface area contributed by atoms with Crippen LogP contribution in [-0.2, 0) is 0 Å². The van der Waals surface area contributed by atoms with E-state index >= 15 is 0 Å². The number of hydrogen-bond donors (Lipinski definition) is 1. The van der Waals surface area contributed by atoms with Crippen molar-refractivity contribution < 1.29 is 0 Å². The molecule has 7 heavy (non-hydrogen) atoms. The molecule has 0 unspecified atom stereocenters. The summed E-state index contributed by atoms with van der Waals surface area (Å²) in [4.78, 5) is 2.76. The average Bonchev–Trinajstić information content (AvgIpc) is 1.65. The second kappa shape index (κ2) is 3.27. The standard InChI is InChI=1S/C4H9NS2/c1-5(2)4(7)3-6/h6H,3H2,1-2H3. The Balaban J connectivity index is 3.35. The van der Waals surface area contributed by atoms with Crippen molar-refractivity contribution in [1.82, 2.24) is 4.90 Å². The maximum atomic E-state index is 4.83. The molecule has 1 nitrogen and oxygen atoms in total. The van der Waals surface area contributed by atoms with E-state index in [4.69, 9.17) is 12.2 Å². The molecule has 0 aliphatic heterocycles. The molecule has 0 saturated carbocycles. The molecule has 0 rings (SSSR count). The lowest BCUT2D eigenvalue weighted by Gasteiger charge is -2.09. The zero-order valence-electron chi connectivity index (χ0n) is 4.51. The summed E-state index contributed by atoms with van der Waals surface area (Å²) in [5.41, 5.74) is 0. The van der Waals surface area contributed by atoms with E-state index in [1.165, 1.54) is 0 Å². The Kier molecular flexibility index (Phi) is 3.38. The molecule has 0 bridgehead atoms. The van der Waals surface area contributed by atoms with E-state index in [-0.39, 0.29) is 0 Å². The van der Waals surface area contributed by atoms with Crippen LogP contribution >= 0.6 is 24.8 Å². The van der Waals surface area contributed by atoms with Crippen molar-refractivity contribution in [3.05, 3.63) is 0 Å². The third-order valence-electron chi connectivity index (χ3n) is 0.634. The van der Waals surface area contributed by atoms with Crippen LogP contribution in [0.3, 0.4) is 0 Å². The Morgan fingerprint density at radius 2 is 2.14 bits per heavy atom. The number of rotatable bonds is 1. The molecule has 3 heteroatoms. The average molecular weight is 135 g/mol. The predicted molar refractivity (Wildman–Crippen MR) is 40.1 cm³/mol. The van der Waals surface area contributed by atoms with Crippen molar-refractivity contribution in [2.45, 2.75) is 0 Å². The molecule has 0 fully saturated rings. The summed E-state index contributed by atoms with van der Waals surface area (Å²) in [7, 11) is 3.83. The molecule has 0 saturated heterocycles. The molecule has 0 aliphatic rings. The molecule has 0 atom stereocenters. The van der Waals surface area contributed by atoms with Gasteiger partial charge in [-0.1, -0.05) is 12.2 Å². The van der Waals surface area contributed by atoms with Crippen molar-refractivity contribution in [2.24, 2.45) is 0 Å². The van der Waals surface area contributed by atoms with Crippen molar-refractivity contribution in [3.8, 4) is 0 Å². The third-order valence-corrected chi connectivity index (χ3v) is 1.66. The highest BCUT2D eigenvalue weighted by Crippen LogP contribution is 1.84. The quantitative estimate of drug-likeness (QED) is 0.418. The Hall–Kier alpha value is 0.240. The highest BCUT2D eigenvalue weighted by atomic mass is 32.1. The SMILES string of the molecule is CN(C)C(=S)CS. The van der Waals surface area contributed by atoms with Gasteiger partial charge in [-0.25, -0.2) is 0 Å². The minimum absolute atomic E-state index is 0.669. The molecule has 0 aliphatic carbocycles. The topological polar surface area (TPSA) is 3.24 Å². The highest BCUT2D eigenvalue weighted by molar-refractivity contribution is 7.86. The van der Waals surface area contributed by atoms with E-state index < -0.39 is 0 Å². The fourth-order valence-electron chi connectivity index (χ4n) is 0.141. The molecule has 0 aromatic carbocycles. The maximum Gasteiger partial charge on any atom is 0.0871 e. The van der Waals surface area contributed by atoms with Gasteiger partial charge in [0.1, 0.15) is 0 Å². The van der Waals surface area contributed by atoms with Gasteiger partial charge < -0.3 is 4.90 Å². The van der Waals surface area contributed by atoms with Gasteiger partial charge in [-0.3, -0.25) is 0 Å². The lowest BCUT2D eigenvalue weighted by molar-refractivity contribution is 0.633. The van der Waals surface area contributed by atoms with Crippen LogP contribution in [0.15, 0.2) is 0 Å². The van der Waals surface area contributed by atoms with Crippen molar-refractivity contribution >= 4 is 29.8 Å². The molecule has 42 valence electrons. The molecule has 0 aromatic rings. The van der Waals surface area contributed by atoms with Crippen LogP contribution in [0.4, 0.5) is 0 Å². The molecule has 0 N–H and O–H groups in total. The first-order valence-electron chi connectivity index (χ1n) is 1.99. The van der Waals surface area contributed by atoms with Gasteiger partial charge in [-0.15, -0.1) is 0 Å². The fourth-order valence-corrected chi connectivity index (χ4v) is 0.424. The molecule has 0 heterocycles. The zero-order valence-corrected chi connectivity index (χ0v) is 6.22. The van der Waals surface area contributed by atoms with E-state index in [1.807, 2.05) is 19.0 Å². The first kappa shape index (κ1) is 7.24. The predicted octanol–water partition coefficient (Wildman–Crippen LogP) is 0.805. The monoisotopic (exact) mass is 135 g/mol.